The Morgan fingerprint density at radius 3 is 2.90 bits per heavy atom. The highest BCUT2D eigenvalue weighted by Crippen LogP contribution is 2.21. The molecule has 5 nitrogen and oxygen atoms in total. The van der Waals surface area contributed by atoms with Gasteiger partial charge in [0.05, 0.1) is 6.61 Å². The number of hydrogen-bond acceptors (Lipinski definition) is 5. The van der Waals surface area contributed by atoms with E-state index in [0.29, 0.717) is 6.61 Å². The van der Waals surface area contributed by atoms with E-state index in [1.807, 2.05) is 14.0 Å². The first kappa shape index (κ1) is 15.7. The Balaban J connectivity index is 1.78. The number of fused-ring (bicyclic) bond motifs is 1. The average molecular weight is 283 g/mol. The van der Waals surface area contributed by atoms with Gasteiger partial charge < -0.3 is 15.0 Å². The lowest BCUT2D eigenvalue weighted by atomic mass is 10.1. The highest BCUT2D eigenvalue weighted by molar-refractivity contribution is 5.75. The summed E-state index contributed by atoms with van der Waals surface area (Å²) < 4.78 is 5.10. The van der Waals surface area contributed by atoms with Crippen LogP contribution in [0.4, 0.5) is 0 Å². The molecule has 0 aliphatic carbocycles. The maximum atomic E-state index is 11.8. The Labute approximate surface area is 122 Å². The number of likely N-dealkylation sites (N-methyl/N-ethyl adjacent to an activating group) is 1. The van der Waals surface area contributed by atoms with Crippen LogP contribution in [0.25, 0.3) is 0 Å². The summed E-state index contributed by atoms with van der Waals surface area (Å²) in [6, 6.07) is 0.575. The standard InChI is InChI=1S/C15H29N3O2/c1-3-20-15(19)14(16-2)7-11-17-8-5-10-18-9-4-6-13(18)12-17/h13-14,16H,3-12H2,1-2H3. The molecule has 2 heterocycles. The van der Waals surface area contributed by atoms with Gasteiger partial charge in [-0.25, -0.2) is 0 Å². The Morgan fingerprint density at radius 2 is 2.15 bits per heavy atom. The lowest BCUT2D eigenvalue weighted by Crippen LogP contribution is -2.41. The molecule has 2 rings (SSSR count). The van der Waals surface area contributed by atoms with Gasteiger partial charge in [0.25, 0.3) is 0 Å². The number of nitrogens with zero attached hydrogens (tertiary/aromatic N) is 2. The Bertz CT molecular complexity index is 311. The first-order valence-electron chi connectivity index (χ1n) is 8.05. The SMILES string of the molecule is CCOC(=O)C(CCN1CCCN2CCCC2C1)NC. The molecule has 2 unspecified atom stereocenters. The molecule has 0 saturated carbocycles. The zero-order valence-corrected chi connectivity index (χ0v) is 12.9. The molecular formula is C15H29N3O2. The van der Waals surface area contributed by atoms with Crippen LogP contribution in [0.3, 0.4) is 0 Å². The summed E-state index contributed by atoms with van der Waals surface area (Å²) in [6.07, 6.45) is 4.77. The second kappa shape index (κ2) is 7.96. The first-order chi connectivity index (χ1) is 9.74. The number of esters is 1. The molecule has 0 amide bonds. The van der Waals surface area contributed by atoms with Gasteiger partial charge in [-0.2, -0.15) is 0 Å². The molecule has 2 atom stereocenters. The second-order valence-corrected chi connectivity index (χ2v) is 5.87. The largest absolute Gasteiger partial charge is 0.465 e. The topological polar surface area (TPSA) is 44.8 Å². The predicted octanol–water partition coefficient (Wildman–Crippen LogP) is 0.698. The van der Waals surface area contributed by atoms with Crippen molar-refractivity contribution in [2.75, 3.05) is 46.4 Å². The maximum Gasteiger partial charge on any atom is 0.323 e. The maximum absolute atomic E-state index is 11.8. The van der Waals surface area contributed by atoms with Crippen LogP contribution in [-0.2, 0) is 9.53 Å². The summed E-state index contributed by atoms with van der Waals surface area (Å²) in [4.78, 5) is 17.0. The van der Waals surface area contributed by atoms with Gasteiger partial charge in [0, 0.05) is 19.1 Å². The predicted molar refractivity (Wildman–Crippen MR) is 79.7 cm³/mol. The molecule has 5 heteroatoms. The third-order valence-corrected chi connectivity index (χ3v) is 4.54. The van der Waals surface area contributed by atoms with Crippen molar-refractivity contribution in [3.63, 3.8) is 0 Å². The molecule has 20 heavy (non-hydrogen) atoms. The normalized spacial score (nSPS) is 26.0. The first-order valence-corrected chi connectivity index (χ1v) is 8.05. The molecule has 0 bridgehead atoms. The second-order valence-electron chi connectivity index (χ2n) is 5.87. The Morgan fingerprint density at radius 1 is 1.35 bits per heavy atom. The summed E-state index contributed by atoms with van der Waals surface area (Å²) in [6.45, 7) is 8.14. The van der Waals surface area contributed by atoms with Crippen LogP contribution < -0.4 is 5.32 Å². The molecule has 0 aromatic carbocycles. The smallest absolute Gasteiger partial charge is 0.323 e. The van der Waals surface area contributed by atoms with E-state index in [2.05, 4.69) is 15.1 Å². The van der Waals surface area contributed by atoms with E-state index in [1.165, 1.54) is 38.9 Å². The summed E-state index contributed by atoms with van der Waals surface area (Å²) in [5, 5.41) is 3.08. The third kappa shape index (κ3) is 4.17. The lowest BCUT2D eigenvalue weighted by Gasteiger charge is -2.26. The monoisotopic (exact) mass is 283 g/mol. The van der Waals surface area contributed by atoms with E-state index in [0.717, 1.165) is 25.6 Å². The third-order valence-electron chi connectivity index (χ3n) is 4.54. The number of carbonyl (C=O) groups is 1. The molecule has 0 aromatic heterocycles. The Hall–Kier alpha value is -0.650. The highest BCUT2D eigenvalue weighted by Gasteiger charge is 2.29. The van der Waals surface area contributed by atoms with Crippen LogP contribution in [0.5, 0.6) is 0 Å². The summed E-state index contributed by atoms with van der Waals surface area (Å²) in [5.74, 6) is -0.118. The number of nitrogens with one attached hydrogen (secondary N) is 1. The lowest BCUT2D eigenvalue weighted by molar-refractivity contribution is -0.145. The summed E-state index contributed by atoms with van der Waals surface area (Å²) in [5.41, 5.74) is 0. The fourth-order valence-electron chi connectivity index (χ4n) is 3.42. The number of rotatable bonds is 6. The van der Waals surface area contributed by atoms with Crippen molar-refractivity contribution in [1.82, 2.24) is 15.1 Å². The van der Waals surface area contributed by atoms with Crippen LogP contribution in [0.15, 0.2) is 0 Å². The van der Waals surface area contributed by atoms with Gasteiger partial charge in [0.1, 0.15) is 6.04 Å². The van der Waals surface area contributed by atoms with Crippen molar-refractivity contribution in [3.05, 3.63) is 0 Å². The molecule has 2 aliphatic rings. The van der Waals surface area contributed by atoms with Crippen LogP contribution in [0.1, 0.15) is 32.6 Å². The average Bonchev–Trinajstić information content (AvgIpc) is 2.78. The van der Waals surface area contributed by atoms with E-state index in [9.17, 15) is 4.79 Å². The number of carbonyl (C=O) groups excluding carboxylic acids is 1. The van der Waals surface area contributed by atoms with Crippen molar-refractivity contribution in [2.45, 2.75) is 44.7 Å². The minimum Gasteiger partial charge on any atom is -0.465 e. The van der Waals surface area contributed by atoms with Gasteiger partial charge in [0.15, 0.2) is 0 Å². The molecule has 1 N–H and O–H groups in total. The molecule has 0 aromatic rings. The van der Waals surface area contributed by atoms with Crippen LogP contribution in [0, 0.1) is 0 Å². The fraction of sp³-hybridized carbons (Fsp3) is 0.933. The fourth-order valence-corrected chi connectivity index (χ4v) is 3.42. The minimum atomic E-state index is -0.169. The molecular weight excluding hydrogens is 254 g/mol. The van der Waals surface area contributed by atoms with Crippen molar-refractivity contribution in [3.8, 4) is 0 Å². The van der Waals surface area contributed by atoms with Crippen molar-refractivity contribution in [1.29, 1.82) is 0 Å². The van der Waals surface area contributed by atoms with Crippen molar-refractivity contribution >= 4 is 5.97 Å². The van der Waals surface area contributed by atoms with Gasteiger partial charge >= 0.3 is 5.97 Å². The van der Waals surface area contributed by atoms with Gasteiger partial charge in [-0.15, -0.1) is 0 Å². The summed E-state index contributed by atoms with van der Waals surface area (Å²) >= 11 is 0. The molecule has 2 aliphatic heterocycles. The van der Waals surface area contributed by atoms with E-state index in [4.69, 9.17) is 4.74 Å². The number of ether oxygens (including phenoxy) is 1. The van der Waals surface area contributed by atoms with Gasteiger partial charge in [-0.1, -0.05) is 0 Å². The molecule has 0 radical (unpaired) electrons. The molecule has 116 valence electrons. The highest BCUT2D eigenvalue weighted by atomic mass is 16.5. The van der Waals surface area contributed by atoms with Crippen LogP contribution >= 0.6 is 0 Å². The van der Waals surface area contributed by atoms with Gasteiger partial charge in [-0.05, 0) is 59.3 Å². The minimum absolute atomic E-state index is 0.118. The van der Waals surface area contributed by atoms with Crippen molar-refractivity contribution in [2.24, 2.45) is 0 Å². The molecule has 2 fully saturated rings. The zero-order valence-electron chi connectivity index (χ0n) is 12.9. The van der Waals surface area contributed by atoms with E-state index >= 15 is 0 Å². The molecule has 0 spiro atoms. The number of hydrogen-bond donors (Lipinski definition) is 1. The van der Waals surface area contributed by atoms with Crippen LogP contribution in [-0.4, -0.2) is 74.2 Å². The van der Waals surface area contributed by atoms with E-state index in [-0.39, 0.29) is 12.0 Å². The molecule has 2 saturated heterocycles. The van der Waals surface area contributed by atoms with Gasteiger partial charge in [0.2, 0.25) is 0 Å². The van der Waals surface area contributed by atoms with E-state index < -0.39 is 0 Å². The quantitative estimate of drug-likeness (QED) is 0.727. The Kier molecular flexibility index (Phi) is 6.26. The zero-order chi connectivity index (χ0) is 14.4. The van der Waals surface area contributed by atoms with E-state index in [1.54, 1.807) is 0 Å². The van der Waals surface area contributed by atoms with Crippen molar-refractivity contribution < 1.29 is 9.53 Å². The summed E-state index contributed by atoms with van der Waals surface area (Å²) in [7, 11) is 1.84. The van der Waals surface area contributed by atoms with Gasteiger partial charge in [-0.3, -0.25) is 9.69 Å². The van der Waals surface area contributed by atoms with Crippen LogP contribution in [0.2, 0.25) is 0 Å².